The highest BCUT2D eigenvalue weighted by atomic mass is 16.5. The Labute approximate surface area is 141 Å². The van der Waals surface area contributed by atoms with E-state index in [9.17, 15) is 9.59 Å². The lowest BCUT2D eigenvalue weighted by molar-refractivity contribution is -0.122. The Balaban J connectivity index is 1.46. The van der Waals surface area contributed by atoms with Crippen LogP contribution in [0.25, 0.3) is 0 Å². The van der Waals surface area contributed by atoms with Crippen LogP contribution in [0, 0.1) is 5.92 Å². The second kappa shape index (κ2) is 7.88. The van der Waals surface area contributed by atoms with Gasteiger partial charge < -0.3 is 10.1 Å². The highest BCUT2D eigenvalue weighted by Gasteiger charge is 2.33. The molecule has 4 heteroatoms. The zero-order valence-electron chi connectivity index (χ0n) is 13.5. The van der Waals surface area contributed by atoms with Gasteiger partial charge in [0.05, 0.1) is 13.2 Å². The summed E-state index contributed by atoms with van der Waals surface area (Å²) in [5, 5.41) is 2.95. The van der Waals surface area contributed by atoms with Gasteiger partial charge in [-0.2, -0.15) is 0 Å². The van der Waals surface area contributed by atoms with Gasteiger partial charge in [-0.15, -0.1) is 0 Å². The van der Waals surface area contributed by atoms with Gasteiger partial charge in [-0.1, -0.05) is 48.5 Å². The fourth-order valence-electron chi connectivity index (χ4n) is 2.99. The molecule has 2 atom stereocenters. The Bertz CT molecular complexity index is 685. The van der Waals surface area contributed by atoms with Crippen LogP contribution in [0.15, 0.2) is 60.7 Å². The Kier molecular flexibility index (Phi) is 5.39. The second-order valence-electron chi connectivity index (χ2n) is 6.14. The van der Waals surface area contributed by atoms with Crippen LogP contribution in [0.1, 0.15) is 28.8 Å². The molecule has 1 aliphatic rings. The number of ether oxygens (including phenoxy) is 1. The Morgan fingerprint density at radius 2 is 1.71 bits per heavy atom. The maximum Gasteiger partial charge on any atom is 0.251 e. The third-order valence-corrected chi connectivity index (χ3v) is 4.27. The molecule has 2 aromatic rings. The van der Waals surface area contributed by atoms with E-state index in [0.717, 1.165) is 5.56 Å². The van der Waals surface area contributed by atoms with Crippen LogP contribution in [-0.2, 0) is 16.1 Å². The number of carbonyl (C=O) groups excluding carboxylic acids is 2. The SMILES string of the molecule is O=C(N[C@H]1CC(=O)C(COCc2ccccc2)C1)c1ccccc1. The van der Waals surface area contributed by atoms with Crippen LogP contribution in [0.3, 0.4) is 0 Å². The summed E-state index contributed by atoms with van der Waals surface area (Å²) in [6.07, 6.45) is 1.03. The first-order valence-electron chi connectivity index (χ1n) is 8.22. The van der Waals surface area contributed by atoms with Gasteiger partial charge in [-0.05, 0) is 24.1 Å². The van der Waals surface area contributed by atoms with Gasteiger partial charge in [-0.25, -0.2) is 0 Å². The van der Waals surface area contributed by atoms with E-state index in [2.05, 4.69) is 5.32 Å². The number of rotatable bonds is 6. The quantitative estimate of drug-likeness (QED) is 0.889. The molecule has 4 nitrogen and oxygen atoms in total. The molecule has 0 heterocycles. The van der Waals surface area contributed by atoms with E-state index in [1.54, 1.807) is 12.1 Å². The van der Waals surface area contributed by atoms with E-state index in [1.165, 1.54) is 0 Å². The van der Waals surface area contributed by atoms with Crippen molar-refractivity contribution >= 4 is 11.7 Å². The molecule has 0 spiro atoms. The highest BCUT2D eigenvalue weighted by molar-refractivity contribution is 5.95. The predicted octanol–water partition coefficient (Wildman–Crippen LogP) is 2.98. The van der Waals surface area contributed by atoms with Crippen molar-refractivity contribution in [1.82, 2.24) is 5.32 Å². The summed E-state index contributed by atoms with van der Waals surface area (Å²) in [6, 6.07) is 18.9. The van der Waals surface area contributed by atoms with E-state index in [0.29, 0.717) is 31.6 Å². The number of nitrogens with one attached hydrogen (secondary N) is 1. The minimum Gasteiger partial charge on any atom is -0.376 e. The molecule has 1 saturated carbocycles. The van der Waals surface area contributed by atoms with Crippen molar-refractivity contribution in [1.29, 1.82) is 0 Å². The average molecular weight is 323 g/mol. The van der Waals surface area contributed by atoms with Crippen LogP contribution in [-0.4, -0.2) is 24.3 Å². The first kappa shape index (κ1) is 16.4. The zero-order chi connectivity index (χ0) is 16.8. The molecule has 2 aromatic carbocycles. The van der Waals surface area contributed by atoms with Crippen molar-refractivity contribution in [3.05, 3.63) is 71.8 Å². The normalized spacial score (nSPS) is 20.1. The molecule has 1 unspecified atom stereocenters. The summed E-state index contributed by atoms with van der Waals surface area (Å²) in [7, 11) is 0. The smallest absolute Gasteiger partial charge is 0.251 e. The number of hydrogen-bond acceptors (Lipinski definition) is 3. The van der Waals surface area contributed by atoms with Gasteiger partial charge in [0, 0.05) is 23.9 Å². The topological polar surface area (TPSA) is 55.4 Å². The molecular formula is C20H21NO3. The third-order valence-electron chi connectivity index (χ3n) is 4.27. The molecular weight excluding hydrogens is 302 g/mol. The van der Waals surface area contributed by atoms with E-state index >= 15 is 0 Å². The lowest BCUT2D eigenvalue weighted by Gasteiger charge is -2.13. The van der Waals surface area contributed by atoms with Gasteiger partial charge in [0.25, 0.3) is 5.91 Å². The lowest BCUT2D eigenvalue weighted by atomic mass is 10.1. The van der Waals surface area contributed by atoms with Crippen LogP contribution in [0.2, 0.25) is 0 Å². The molecule has 0 aromatic heterocycles. The van der Waals surface area contributed by atoms with Crippen molar-refractivity contribution in [3.8, 4) is 0 Å². The highest BCUT2D eigenvalue weighted by Crippen LogP contribution is 2.23. The first-order valence-corrected chi connectivity index (χ1v) is 8.22. The maximum absolute atomic E-state index is 12.2. The van der Waals surface area contributed by atoms with Crippen molar-refractivity contribution in [2.75, 3.05) is 6.61 Å². The summed E-state index contributed by atoms with van der Waals surface area (Å²) in [5.41, 5.74) is 1.71. The van der Waals surface area contributed by atoms with Crippen LogP contribution in [0.4, 0.5) is 0 Å². The largest absolute Gasteiger partial charge is 0.376 e. The molecule has 124 valence electrons. The Morgan fingerprint density at radius 1 is 1.04 bits per heavy atom. The van der Waals surface area contributed by atoms with Gasteiger partial charge in [0.15, 0.2) is 0 Å². The van der Waals surface area contributed by atoms with Crippen LogP contribution < -0.4 is 5.32 Å². The molecule has 1 fully saturated rings. The minimum absolute atomic E-state index is 0.101. The van der Waals surface area contributed by atoms with E-state index in [-0.39, 0.29) is 23.7 Å². The van der Waals surface area contributed by atoms with E-state index < -0.39 is 0 Å². The molecule has 0 bridgehead atoms. The summed E-state index contributed by atoms with van der Waals surface area (Å²) >= 11 is 0. The Hall–Kier alpha value is -2.46. The monoisotopic (exact) mass is 323 g/mol. The van der Waals surface area contributed by atoms with Crippen LogP contribution >= 0.6 is 0 Å². The molecule has 24 heavy (non-hydrogen) atoms. The second-order valence-corrected chi connectivity index (χ2v) is 6.14. The fraction of sp³-hybridized carbons (Fsp3) is 0.300. The summed E-state index contributed by atoms with van der Waals surface area (Å²) in [4.78, 5) is 24.3. The summed E-state index contributed by atoms with van der Waals surface area (Å²) in [6.45, 7) is 0.914. The number of Topliss-reactive ketones (excluding diaryl/α,β-unsaturated/α-hetero) is 1. The van der Waals surface area contributed by atoms with E-state index in [1.807, 2.05) is 48.5 Å². The standard InChI is InChI=1S/C20H21NO3/c22-19-12-18(21-20(23)16-9-5-2-6-10-16)11-17(19)14-24-13-15-7-3-1-4-8-15/h1-10,17-18H,11-14H2,(H,21,23)/t17?,18-/m1/s1. The number of ketones is 1. The molecule has 1 N–H and O–H groups in total. The van der Waals surface area contributed by atoms with Crippen molar-refractivity contribution in [2.45, 2.75) is 25.5 Å². The predicted molar refractivity (Wildman–Crippen MR) is 91.5 cm³/mol. The third kappa shape index (κ3) is 4.30. The van der Waals surface area contributed by atoms with Crippen molar-refractivity contribution in [3.63, 3.8) is 0 Å². The van der Waals surface area contributed by atoms with Gasteiger partial charge >= 0.3 is 0 Å². The first-order chi connectivity index (χ1) is 11.7. The Morgan fingerprint density at radius 3 is 2.42 bits per heavy atom. The van der Waals surface area contributed by atoms with E-state index in [4.69, 9.17) is 4.74 Å². The zero-order valence-corrected chi connectivity index (χ0v) is 13.5. The van der Waals surface area contributed by atoms with Crippen LogP contribution in [0.5, 0.6) is 0 Å². The number of carbonyl (C=O) groups is 2. The molecule has 3 rings (SSSR count). The number of benzene rings is 2. The average Bonchev–Trinajstić information content (AvgIpc) is 2.96. The summed E-state index contributed by atoms with van der Waals surface area (Å²) < 4.78 is 5.68. The molecule has 1 aliphatic carbocycles. The van der Waals surface area contributed by atoms with Crippen molar-refractivity contribution in [2.24, 2.45) is 5.92 Å². The summed E-state index contributed by atoms with van der Waals surface area (Å²) in [5.74, 6) is -0.0875. The molecule has 0 radical (unpaired) electrons. The van der Waals surface area contributed by atoms with Gasteiger partial charge in [0.2, 0.25) is 0 Å². The number of amides is 1. The van der Waals surface area contributed by atoms with Gasteiger partial charge in [0.1, 0.15) is 5.78 Å². The minimum atomic E-state index is -0.130. The molecule has 0 saturated heterocycles. The van der Waals surface area contributed by atoms with Crippen molar-refractivity contribution < 1.29 is 14.3 Å². The lowest BCUT2D eigenvalue weighted by Crippen LogP contribution is -2.33. The maximum atomic E-state index is 12.2. The molecule has 0 aliphatic heterocycles. The fourth-order valence-corrected chi connectivity index (χ4v) is 2.99. The number of hydrogen-bond donors (Lipinski definition) is 1. The molecule has 1 amide bonds. The van der Waals surface area contributed by atoms with Gasteiger partial charge in [-0.3, -0.25) is 9.59 Å².